The molecule has 1 N–H and O–H groups in total. The molecule has 0 aromatic heterocycles. The van der Waals surface area contributed by atoms with E-state index in [2.05, 4.69) is 31.3 Å². The lowest BCUT2D eigenvalue weighted by Crippen LogP contribution is -2.20. The predicted molar refractivity (Wildman–Crippen MR) is 210 cm³/mol. The van der Waals surface area contributed by atoms with E-state index in [4.69, 9.17) is 9.47 Å². The van der Waals surface area contributed by atoms with Crippen molar-refractivity contribution in [3.63, 3.8) is 0 Å². The Bertz CT molecular complexity index is 1160. The van der Waals surface area contributed by atoms with Crippen LogP contribution in [-0.2, 0) is 6.42 Å². The summed E-state index contributed by atoms with van der Waals surface area (Å²) < 4.78 is 12.5. The molecule has 1 aliphatic rings. The molecule has 2 amide bonds. The van der Waals surface area contributed by atoms with E-state index in [0.29, 0.717) is 30.8 Å². The molecule has 0 bridgehead atoms. The molecule has 0 fully saturated rings. The number of carbonyl (C=O) groups is 2. The van der Waals surface area contributed by atoms with E-state index in [9.17, 15) is 9.59 Å². The van der Waals surface area contributed by atoms with Crippen LogP contribution in [0.1, 0.15) is 213 Å². The predicted octanol–water partition coefficient (Wildman–Crippen LogP) is 13.1. The first-order chi connectivity index (χ1) is 24.6. The zero-order chi connectivity index (χ0) is 35.5. The van der Waals surface area contributed by atoms with Crippen molar-refractivity contribution < 1.29 is 19.1 Å². The fourth-order valence-corrected chi connectivity index (χ4v) is 7.18. The van der Waals surface area contributed by atoms with E-state index in [1.165, 1.54) is 154 Å². The minimum Gasteiger partial charge on any atom is -0.493 e. The number of nitrogens with one attached hydrogen (secondary N) is 1. The number of imide groups is 1. The summed E-state index contributed by atoms with van der Waals surface area (Å²) in [4.78, 5) is 24.8. The minimum absolute atomic E-state index is 0.311. The number of hydrogen-bond donors (Lipinski definition) is 1. The molecule has 2 aromatic rings. The fraction of sp³-hybridized carbons (Fsp3) is 0.689. The maximum atomic E-state index is 12.6. The number of rotatable bonds is 32. The Morgan fingerprint density at radius 2 is 0.880 bits per heavy atom. The van der Waals surface area contributed by atoms with Gasteiger partial charge in [-0.25, -0.2) is 0 Å². The molecule has 0 saturated carbocycles. The van der Waals surface area contributed by atoms with Crippen molar-refractivity contribution in [2.45, 2.75) is 187 Å². The number of carbonyl (C=O) groups excluding carboxylic acids is 2. The van der Waals surface area contributed by atoms with E-state index >= 15 is 0 Å². The van der Waals surface area contributed by atoms with Gasteiger partial charge in [0.2, 0.25) is 0 Å². The van der Waals surface area contributed by atoms with Gasteiger partial charge in [0.15, 0.2) is 0 Å². The normalized spacial score (nSPS) is 12.4. The Labute approximate surface area is 306 Å². The second-order valence-electron chi connectivity index (χ2n) is 14.8. The van der Waals surface area contributed by atoms with Gasteiger partial charge in [-0.15, -0.1) is 0 Å². The van der Waals surface area contributed by atoms with E-state index in [1.54, 1.807) is 6.07 Å². The van der Waals surface area contributed by atoms with Crippen LogP contribution in [-0.4, -0.2) is 25.0 Å². The monoisotopic (exact) mass is 690 g/mol. The number of fused-ring (bicyclic) bond motifs is 1. The summed E-state index contributed by atoms with van der Waals surface area (Å²) in [5.74, 6) is 1.00. The maximum absolute atomic E-state index is 12.6. The van der Waals surface area contributed by atoms with Crippen LogP contribution in [0.25, 0.3) is 0 Å². The summed E-state index contributed by atoms with van der Waals surface area (Å²) in [6.07, 6.45) is 35.1. The van der Waals surface area contributed by atoms with E-state index in [1.807, 2.05) is 18.2 Å². The molecule has 1 heterocycles. The highest BCUT2D eigenvalue weighted by Gasteiger charge is 2.29. The third-order valence-electron chi connectivity index (χ3n) is 10.2. The molecule has 0 saturated heterocycles. The van der Waals surface area contributed by atoms with Gasteiger partial charge in [-0.3, -0.25) is 14.9 Å². The zero-order valence-electron chi connectivity index (χ0n) is 32.1. The largest absolute Gasteiger partial charge is 0.493 e. The van der Waals surface area contributed by atoms with E-state index < -0.39 is 0 Å². The van der Waals surface area contributed by atoms with E-state index in [0.717, 1.165) is 35.5 Å². The van der Waals surface area contributed by atoms with E-state index in [-0.39, 0.29) is 11.8 Å². The molecular weight excluding hydrogens is 618 g/mol. The van der Waals surface area contributed by atoms with Crippen molar-refractivity contribution in [3.8, 4) is 11.5 Å². The van der Waals surface area contributed by atoms with Crippen molar-refractivity contribution in [3.05, 3.63) is 58.7 Å². The molecule has 2 aromatic carbocycles. The minimum atomic E-state index is -0.316. The Hall–Kier alpha value is -2.82. The van der Waals surface area contributed by atoms with Gasteiger partial charge in [-0.2, -0.15) is 0 Å². The Morgan fingerprint density at radius 3 is 1.30 bits per heavy atom. The Balaban J connectivity index is 1.39. The Morgan fingerprint density at radius 1 is 0.480 bits per heavy atom. The zero-order valence-corrected chi connectivity index (χ0v) is 32.1. The van der Waals surface area contributed by atoms with Crippen LogP contribution < -0.4 is 14.8 Å². The van der Waals surface area contributed by atoms with Crippen molar-refractivity contribution in [1.29, 1.82) is 0 Å². The first-order valence-corrected chi connectivity index (χ1v) is 21.0. The highest BCUT2D eigenvalue weighted by Crippen LogP contribution is 2.28. The summed E-state index contributed by atoms with van der Waals surface area (Å²) in [5.41, 5.74) is 2.82. The van der Waals surface area contributed by atoms with Crippen LogP contribution in [0.5, 0.6) is 11.5 Å². The lowest BCUT2D eigenvalue weighted by Gasteiger charge is -2.14. The molecule has 5 nitrogen and oxygen atoms in total. The van der Waals surface area contributed by atoms with Crippen molar-refractivity contribution >= 4 is 11.8 Å². The van der Waals surface area contributed by atoms with Crippen molar-refractivity contribution in [1.82, 2.24) is 5.32 Å². The summed E-state index contributed by atoms with van der Waals surface area (Å²) >= 11 is 0. The molecule has 0 spiro atoms. The highest BCUT2D eigenvalue weighted by atomic mass is 16.5. The molecule has 5 heteroatoms. The molecule has 0 radical (unpaired) electrons. The number of benzene rings is 2. The summed E-state index contributed by atoms with van der Waals surface area (Å²) in [5, 5.41) is 2.44. The molecule has 280 valence electrons. The van der Waals surface area contributed by atoms with Crippen LogP contribution in [0.15, 0.2) is 36.4 Å². The van der Waals surface area contributed by atoms with Crippen LogP contribution in [0, 0.1) is 0 Å². The molecule has 0 atom stereocenters. The number of ether oxygens (including phenoxy) is 2. The molecule has 1 aliphatic heterocycles. The third kappa shape index (κ3) is 17.4. The molecule has 3 rings (SSSR count). The Kier molecular flexibility index (Phi) is 22.4. The van der Waals surface area contributed by atoms with Crippen LogP contribution in [0.3, 0.4) is 0 Å². The molecule has 0 unspecified atom stereocenters. The van der Waals surface area contributed by atoms with Gasteiger partial charge in [0.25, 0.3) is 11.8 Å². The van der Waals surface area contributed by atoms with Crippen LogP contribution in [0.2, 0.25) is 0 Å². The third-order valence-corrected chi connectivity index (χ3v) is 10.2. The molecule has 0 aliphatic carbocycles. The fourth-order valence-electron chi connectivity index (χ4n) is 7.18. The van der Waals surface area contributed by atoms with Crippen LogP contribution in [0.4, 0.5) is 0 Å². The highest BCUT2D eigenvalue weighted by molar-refractivity contribution is 6.22. The molecule has 50 heavy (non-hydrogen) atoms. The first kappa shape index (κ1) is 41.6. The van der Waals surface area contributed by atoms with Crippen molar-refractivity contribution in [2.75, 3.05) is 13.2 Å². The van der Waals surface area contributed by atoms with Gasteiger partial charge in [0.05, 0.1) is 24.3 Å². The quantitative estimate of drug-likeness (QED) is 0.0613. The summed E-state index contributed by atoms with van der Waals surface area (Å²) in [6, 6.07) is 11.7. The van der Waals surface area contributed by atoms with Crippen molar-refractivity contribution in [2.24, 2.45) is 0 Å². The van der Waals surface area contributed by atoms with Gasteiger partial charge in [-0.05, 0) is 48.6 Å². The average Bonchev–Trinajstić information content (AvgIpc) is 3.41. The topological polar surface area (TPSA) is 64.6 Å². The maximum Gasteiger partial charge on any atom is 0.259 e. The van der Waals surface area contributed by atoms with Gasteiger partial charge < -0.3 is 9.47 Å². The van der Waals surface area contributed by atoms with Gasteiger partial charge >= 0.3 is 0 Å². The second kappa shape index (κ2) is 26.9. The summed E-state index contributed by atoms with van der Waals surface area (Å²) in [6.45, 7) is 5.94. The summed E-state index contributed by atoms with van der Waals surface area (Å²) in [7, 11) is 0. The molecular formula is C45H71NO4. The van der Waals surface area contributed by atoms with Gasteiger partial charge in [0.1, 0.15) is 11.5 Å². The second-order valence-corrected chi connectivity index (χ2v) is 14.8. The van der Waals surface area contributed by atoms with Gasteiger partial charge in [0, 0.05) is 6.07 Å². The lowest BCUT2D eigenvalue weighted by atomic mass is 9.96. The lowest BCUT2D eigenvalue weighted by molar-refractivity contribution is 0.0879. The number of amides is 2. The number of hydrogen-bond acceptors (Lipinski definition) is 4. The first-order valence-electron chi connectivity index (χ1n) is 21.0. The standard InChI is InChI=1S/C45H71NO4/c1-3-5-7-9-11-13-15-17-19-21-23-25-27-32-49-40-35-38(34-39-30-29-31-42-43(39)45(48)46-44(42)47)36-41(37-40)50-33-28-26-24-22-20-18-16-14-12-10-8-6-4-2/h29-31,35-37H,3-28,32-34H2,1-2H3,(H,46,47,48). The number of unbranched alkanes of at least 4 members (excludes halogenated alkanes) is 24. The average molecular weight is 690 g/mol. The smallest absolute Gasteiger partial charge is 0.259 e. The van der Waals surface area contributed by atoms with Gasteiger partial charge in [-0.1, -0.05) is 180 Å². The van der Waals surface area contributed by atoms with Crippen LogP contribution >= 0.6 is 0 Å². The SMILES string of the molecule is CCCCCCCCCCCCCCCOc1cc(Cc2cccc3c2C(=O)NC3=O)cc(OCCCCCCCCCCCCCCC)c1.